The van der Waals surface area contributed by atoms with Gasteiger partial charge in [0.1, 0.15) is 5.75 Å². The van der Waals surface area contributed by atoms with E-state index in [0.717, 1.165) is 5.56 Å². The van der Waals surface area contributed by atoms with Gasteiger partial charge in [-0.25, -0.2) is 0 Å². The van der Waals surface area contributed by atoms with E-state index < -0.39 is 0 Å². The first-order valence-electron chi connectivity index (χ1n) is 2.98. The lowest BCUT2D eigenvalue weighted by atomic mass is 10.2. The topological polar surface area (TPSA) is 20.2 Å². The molecule has 1 aromatic rings. The highest BCUT2D eigenvalue weighted by Crippen LogP contribution is 2.11. The van der Waals surface area contributed by atoms with Crippen molar-refractivity contribution in [2.24, 2.45) is 0 Å². The summed E-state index contributed by atoms with van der Waals surface area (Å²) in [5.41, 5.74) is 3.54. The minimum absolute atomic E-state index is 0.268. The third-order valence-corrected chi connectivity index (χ3v) is 1.14. The van der Waals surface area contributed by atoms with Crippen LogP contribution in [-0.4, -0.2) is 5.11 Å². The molecule has 0 unspecified atom stereocenters. The summed E-state index contributed by atoms with van der Waals surface area (Å²) >= 11 is 0. The quantitative estimate of drug-likeness (QED) is 0.581. The fourth-order valence-corrected chi connectivity index (χ4v) is 0.732. The second kappa shape index (κ2) is 2.90. The third-order valence-electron chi connectivity index (χ3n) is 1.14. The molecular formula is C9H8O. The number of aromatic hydroxyl groups is 1. The van der Waals surface area contributed by atoms with E-state index in [-0.39, 0.29) is 5.75 Å². The molecule has 1 aromatic carbocycles. The van der Waals surface area contributed by atoms with Gasteiger partial charge >= 0.3 is 0 Å². The van der Waals surface area contributed by atoms with Crippen LogP contribution in [0.4, 0.5) is 0 Å². The van der Waals surface area contributed by atoms with Gasteiger partial charge in [-0.1, -0.05) is 18.7 Å². The molecule has 0 radical (unpaired) electrons. The van der Waals surface area contributed by atoms with Crippen molar-refractivity contribution in [3.8, 4) is 5.75 Å². The Morgan fingerprint density at radius 3 is 2.90 bits per heavy atom. The monoisotopic (exact) mass is 132 g/mol. The van der Waals surface area contributed by atoms with E-state index in [1.165, 1.54) is 0 Å². The molecule has 0 atom stereocenters. The Labute approximate surface area is 59.9 Å². The number of rotatable bonds is 1. The standard InChI is InChI=1S/C9H8O/c1-2-4-8-5-3-6-9(10)7-8/h3-7,10H,1H2. The summed E-state index contributed by atoms with van der Waals surface area (Å²) in [6, 6.07) is 6.93. The van der Waals surface area contributed by atoms with Crippen LogP contribution >= 0.6 is 0 Å². The van der Waals surface area contributed by atoms with E-state index >= 15 is 0 Å². The van der Waals surface area contributed by atoms with Crippen LogP contribution in [0, 0.1) is 0 Å². The number of benzene rings is 1. The van der Waals surface area contributed by atoms with E-state index in [1.807, 2.05) is 6.07 Å². The molecule has 0 heterocycles. The van der Waals surface area contributed by atoms with E-state index in [1.54, 1.807) is 24.3 Å². The average molecular weight is 132 g/mol. The molecule has 0 amide bonds. The maximum atomic E-state index is 8.97. The van der Waals surface area contributed by atoms with Gasteiger partial charge in [0.25, 0.3) is 0 Å². The van der Waals surface area contributed by atoms with E-state index in [9.17, 15) is 0 Å². The zero-order chi connectivity index (χ0) is 7.40. The van der Waals surface area contributed by atoms with Crippen molar-refractivity contribution in [3.05, 3.63) is 42.1 Å². The number of hydrogen-bond acceptors (Lipinski definition) is 1. The predicted molar refractivity (Wildman–Crippen MR) is 41.7 cm³/mol. The van der Waals surface area contributed by atoms with Crippen molar-refractivity contribution in [2.75, 3.05) is 0 Å². The van der Waals surface area contributed by atoms with Gasteiger partial charge in [0, 0.05) is 0 Å². The van der Waals surface area contributed by atoms with Crippen molar-refractivity contribution in [2.45, 2.75) is 0 Å². The zero-order valence-corrected chi connectivity index (χ0v) is 5.54. The molecule has 0 saturated carbocycles. The molecule has 1 nitrogen and oxygen atoms in total. The van der Waals surface area contributed by atoms with Crippen LogP contribution in [0.2, 0.25) is 0 Å². The van der Waals surface area contributed by atoms with Crippen molar-refractivity contribution >= 4 is 6.08 Å². The summed E-state index contributed by atoms with van der Waals surface area (Å²) < 4.78 is 0. The Morgan fingerprint density at radius 1 is 1.50 bits per heavy atom. The normalized spacial score (nSPS) is 8.40. The minimum atomic E-state index is 0.268. The van der Waals surface area contributed by atoms with Crippen LogP contribution in [-0.2, 0) is 0 Å². The van der Waals surface area contributed by atoms with E-state index in [0.29, 0.717) is 0 Å². The summed E-state index contributed by atoms with van der Waals surface area (Å²) in [5.74, 6) is 0.268. The molecule has 1 heteroatoms. The van der Waals surface area contributed by atoms with Crippen molar-refractivity contribution in [1.29, 1.82) is 0 Å². The number of phenols is 1. The molecule has 0 aliphatic rings. The highest BCUT2D eigenvalue weighted by molar-refractivity contribution is 5.50. The van der Waals surface area contributed by atoms with Crippen LogP contribution in [0.25, 0.3) is 6.08 Å². The maximum absolute atomic E-state index is 8.97. The zero-order valence-electron chi connectivity index (χ0n) is 5.54. The smallest absolute Gasteiger partial charge is 0.116 e. The first kappa shape index (κ1) is 6.66. The molecule has 0 aliphatic heterocycles. The van der Waals surface area contributed by atoms with E-state index in [4.69, 9.17) is 5.11 Å². The second-order valence-corrected chi connectivity index (χ2v) is 1.94. The van der Waals surface area contributed by atoms with Gasteiger partial charge in [-0.3, -0.25) is 0 Å². The van der Waals surface area contributed by atoms with Crippen molar-refractivity contribution < 1.29 is 5.11 Å². The van der Waals surface area contributed by atoms with Gasteiger partial charge in [-0.15, -0.1) is 5.73 Å². The van der Waals surface area contributed by atoms with E-state index in [2.05, 4.69) is 12.3 Å². The SMILES string of the molecule is C=C=Cc1cccc(O)c1. The van der Waals surface area contributed by atoms with Crippen molar-refractivity contribution in [3.63, 3.8) is 0 Å². The molecule has 0 aromatic heterocycles. The first-order chi connectivity index (χ1) is 4.83. The van der Waals surface area contributed by atoms with Crippen LogP contribution in [0.15, 0.2) is 36.6 Å². The summed E-state index contributed by atoms with van der Waals surface area (Å²) in [7, 11) is 0. The highest BCUT2D eigenvalue weighted by Gasteiger charge is 1.86. The lowest BCUT2D eigenvalue weighted by Crippen LogP contribution is -1.68. The fourth-order valence-electron chi connectivity index (χ4n) is 0.732. The lowest BCUT2D eigenvalue weighted by Gasteiger charge is -1.91. The summed E-state index contributed by atoms with van der Waals surface area (Å²) in [5, 5.41) is 8.97. The van der Waals surface area contributed by atoms with Gasteiger partial charge in [0.15, 0.2) is 0 Å². The Morgan fingerprint density at radius 2 is 2.30 bits per heavy atom. The van der Waals surface area contributed by atoms with Gasteiger partial charge in [-0.05, 0) is 23.8 Å². The largest absolute Gasteiger partial charge is 0.508 e. The number of phenolic OH excluding ortho intramolecular Hbond substituents is 1. The molecular weight excluding hydrogens is 124 g/mol. The molecule has 0 bridgehead atoms. The van der Waals surface area contributed by atoms with Gasteiger partial charge in [0.2, 0.25) is 0 Å². The Balaban J connectivity index is 3.06. The summed E-state index contributed by atoms with van der Waals surface area (Å²) in [6.45, 7) is 3.42. The Kier molecular flexibility index (Phi) is 1.93. The van der Waals surface area contributed by atoms with Crippen molar-refractivity contribution in [1.82, 2.24) is 0 Å². The molecule has 10 heavy (non-hydrogen) atoms. The maximum Gasteiger partial charge on any atom is 0.116 e. The molecule has 1 N–H and O–H groups in total. The Bertz CT molecular complexity index is 270. The van der Waals surface area contributed by atoms with Crippen LogP contribution < -0.4 is 0 Å². The molecule has 50 valence electrons. The van der Waals surface area contributed by atoms with Crippen LogP contribution in [0.3, 0.4) is 0 Å². The highest BCUT2D eigenvalue weighted by atomic mass is 16.3. The van der Waals surface area contributed by atoms with Gasteiger partial charge < -0.3 is 5.11 Å². The molecule has 1 rings (SSSR count). The van der Waals surface area contributed by atoms with Crippen LogP contribution in [0.1, 0.15) is 5.56 Å². The number of hydrogen-bond donors (Lipinski definition) is 1. The van der Waals surface area contributed by atoms with Gasteiger partial charge in [-0.2, -0.15) is 0 Å². The van der Waals surface area contributed by atoms with Gasteiger partial charge in [0.05, 0.1) is 0 Å². The average Bonchev–Trinajstić information content (AvgIpc) is 1.88. The first-order valence-corrected chi connectivity index (χ1v) is 2.98. The molecule has 0 spiro atoms. The summed E-state index contributed by atoms with van der Waals surface area (Å²) in [6.07, 6.45) is 1.71. The molecule has 0 aliphatic carbocycles. The minimum Gasteiger partial charge on any atom is -0.508 e. The Hall–Kier alpha value is -1.46. The fraction of sp³-hybridized carbons (Fsp3) is 0. The molecule has 0 saturated heterocycles. The van der Waals surface area contributed by atoms with Crippen LogP contribution in [0.5, 0.6) is 5.75 Å². The third kappa shape index (κ3) is 1.51. The summed E-state index contributed by atoms with van der Waals surface area (Å²) in [4.78, 5) is 0. The second-order valence-electron chi connectivity index (χ2n) is 1.94. The molecule has 0 fully saturated rings. The lowest BCUT2D eigenvalue weighted by molar-refractivity contribution is 0.475. The predicted octanol–water partition coefficient (Wildman–Crippen LogP) is 2.19.